The summed E-state index contributed by atoms with van der Waals surface area (Å²) in [5.41, 5.74) is 1.44. The number of benzene rings is 1. The molecule has 2 N–H and O–H groups in total. The van der Waals surface area contributed by atoms with Crippen molar-refractivity contribution in [2.75, 3.05) is 33.2 Å². The molecule has 1 aromatic rings. The molecule has 0 amide bonds. The summed E-state index contributed by atoms with van der Waals surface area (Å²) in [7, 11) is 1.87. The van der Waals surface area contributed by atoms with Gasteiger partial charge in [0.25, 0.3) is 0 Å². The smallest absolute Gasteiger partial charge is 0.191 e. The van der Waals surface area contributed by atoms with Crippen molar-refractivity contribution in [2.24, 2.45) is 10.9 Å². The minimum Gasteiger partial charge on any atom is -0.373 e. The number of guanidine groups is 1. The van der Waals surface area contributed by atoms with Crippen LogP contribution in [0.1, 0.15) is 31.2 Å². The highest BCUT2D eigenvalue weighted by molar-refractivity contribution is 14.0. The largest absolute Gasteiger partial charge is 0.373 e. The number of likely N-dealkylation sites (tertiary alicyclic amines) is 1. The van der Waals surface area contributed by atoms with E-state index in [0.717, 1.165) is 31.9 Å². The van der Waals surface area contributed by atoms with Gasteiger partial charge in [-0.2, -0.15) is 0 Å². The molecule has 0 saturated carbocycles. The molecule has 0 spiro atoms. The summed E-state index contributed by atoms with van der Waals surface area (Å²) < 4.78 is 5.93. The highest BCUT2D eigenvalue weighted by Crippen LogP contribution is 2.34. The van der Waals surface area contributed by atoms with Crippen LogP contribution < -0.4 is 10.6 Å². The number of nitrogens with zero attached hydrogens (tertiary/aromatic N) is 2. The third kappa shape index (κ3) is 5.57. The second kappa shape index (κ2) is 10.1. The fraction of sp³-hybridized carbons (Fsp3) is 0.667. The van der Waals surface area contributed by atoms with Gasteiger partial charge >= 0.3 is 0 Å². The number of aliphatic imine (C=N–C) groups is 1. The van der Waals surface area contributed by atoms with Gasteiger partial charge in [0.1, 0.15) is 0 Å². The Labute approximate surface area is 180 Å². The lowest BCUT2D eigenvalue weighted by atomic mass is 9.96. The highest BCUT2D eigenvalue weighted by Gasteiger charge is 2.41. The second-order valence-electron chi connectivity index (χ2n) is 8.00. The molecule has 4 unspecified atom stereocenters. The Bertz CT molecular complexity index is 611. The van der Waals surface area contributed by atoms with Crippen molar-refractivity contribution in [1.29, 1.82) is 0 Å². The first-order chi connectivity index (χ1) is 12.8. The molecular weight excluding hydrogens is 451 g/mol. The van der Waals surface area contributed by atoms with Crippen LogP contribution in [-0.4, -0.2) is 62.3 Å². The molecule has 150 valence electrons. The number of rotatable bonds is 6. The van der Waals surface area contributed by atoms with Crippen LogP contribution in [0.5, 0.6) is 0 Å². The summed E-state index contributed by atoms with van der Waals surface area (Å²) in [6.07, 6.45) is 6.84. The number of hydrogen-bond donors (Lipinski definition) is 2. The standard InChI is InChI=1S/C21H32N4O.HI/c1-22-21(24-19-13-18-7-8-20(19)26-18)23-14-17-10-12-25(15-17)11-9-16-5-3-2-4-6-16;/h2-6,17-20H,7-15H2,1H3,(H2,22,23,24);1H. The number of nitrogens with one attached hydrogen (secondary N) is 2. The van der Waals surface area contributed by atoms with E-state index in [1.807, 2.05) is 7.05 Å². The molecule has 4 rings (SSSR count). The van der Waals surface area contributed by atoms with Crippen LogP contribution in [0.3, 0.4) is 0 Å². The van der Waals surface area contributed by atoms with Crippen LogP contribution in [0.2, 0.25) is 0 Å². The van der Waals surface area contributed by atoms with Gasteiger partial charge in [0.05, 0.1) is 18.2 Å². The summed E-state index contributed by atoms with van der Waals surface area (Å²) in [4.78, 5) is 7.01. The third-order valence-corrected chi connectivity index (χ3v) is 6.14. The summed E-state index contributed by atoms with van der Waals surface area (Å²) in [6, 6.07) is 11.2. The fourth-order valence-electron chi connectivity index (χ4n) is 4.62. The molecule has 6 heteroatoms. The third-order valence-electron chi connectivity index (χ3n) is 6.14. The van der Waals surface area contributed by atoms with Crippen molar-refractivity contribution in [2.45, 2.75) is 50.4 Å². The molecular formula is C21H33IN4O. The molecule has 2 bridgehead atoms. The SMILES string of the molecule is CN=C(NCC1CCN(CCc2ccccc2)C1)NC1CC2CCC1O2.I. The normalized spacial score (nSPS) is 30.3. The minimum atomic E-state index is 0. The molecule has 3 fully saturated rings. The van der Waals surface area contributed by atoms with E-state index in [-0.39, 0.29) is 24.0 Å². The zero-order valence-corrected chi connectivity index (χ0v) is 18.6. The molecule has 3 aliphatic heterocycles. The van der Waals surface area contributed by atoms with Crippen LogP contribution in [0, 0.1) is 5.92 Å². The maximum Gasteiger partial charge on any atom is 0.191 e. The Balaban J connectivity index is 0.00000210. The Morgan fingerprint density at radius 1 is 1.22 bits per heavy atom. The van der Waals surface area contributed by atoms with Crippen molar-refractivity contribution in [1.82, 2.24) is 15.5 Å². The van der Waals surface area contributed by atoms with E-state index in [1.54, 1.807) is 0 Å². The van der Waals surface area contributed by atoms with Crippen molar-refractivity contribution in [3.63, 3.8) is 0 Å². The van der Waals surface area contributed by atoms with E-state index in [4.69, 9.17) is 4.74 Å². The number of hydrogen-bond acceptors (Lipinski definition) is 3. The minimum absolute atomic E-state index is 0. The molecule has 0 aliphatic carbocycles. The summed E-state index contributed by atoms with van der Waals surface area (Å²) in [5, 5.41) is 7.13. The van der Waals surface area contributed by atoms with Crippen molar-refractivity contribution >= 4 is 29.9 Å². The average Bonchev–Trinajstić information content (AvgIpc) is 3.41. The van der Waals surface area contributed by atoms with E-state index in [2.05, 4.69) is 50.9 Å². The zero-order valence-electron chi connectivity index (χ0n) is 16.3. The molecule has 3 heterocycles. The Hall–Kier alpha value is -0.860. The van der Waals surface area contributed by atoms with E-state index >= 15 is 0 Å². The van der Waals surface area contributed by atoms with Gasteiger partial charge in [0.15, 0.2) is 5.96 Å². The molecule has 5 nitrogen and oxygen atoms in total. The van der Waals surface area contributed by atoms with E-state index in [1.165, 1.54) is 37.9 Å². The first kappa shape index (κ1) is 20.9. The Morgan fingerprint density at radius 2 is 2.07 bits per heavy atom. The van der Waals surface area contributed by atoms with Gasteiger partial charge in [-0.3, -0.25) is 4.99 Å². The predicted molar refractivity (Wildman–Crippen MR) is 121 cm³/mol. The lowest BCUT2D eigenvalue weighted by Gasteiger charge is -2.23. The predicted octanol–water partition coefficient (Wildman–Crippen LogP) is 2.65. The lowest BCUT2D eigenvalue weighted by Crippen LogP contribution is -2.48. The van der Waals surface area contributed by atoms with E-state index in [9.17, 15) is 0 Å². The van der Waals surface area contributed by atoms with Gasteiger partial charge < -0.3 is 20.3 Å². The molecule has 0 aromatic heterocycles. The average molecular weight is 484 g/mol. The first-order valence-corrected chi connectivity index (χ1v) is 10.2. The highest BCUT2D eigenvalue weighted by atomic mass is 127. The summed E-state index contributed by atoms with van der Waals surface area (Å²) in [6.45, 7) is 4.57. The molecule has 3 saturated heterocycles. The molecule has 0 radical (unpaired) electrons. The maximum atomic E-state index is 5.93. The second-order valence-corrected chi connectivity index (χ2v) is 8.00. The number of halogens is 1. The lowest BCUT2D eigenvalue weighted by molar-refractivity contribution is 0.0992. The number of ether oxygens (including phenoxy) is 1. The summed E-state index contributed by atoms with van der Waals surface area (Å²) >= 11 is 0. The van der Waals surface area contributed by atoms with Crippen molar-refractivity contribution in [3.8, 4) is 0 Å². The van der Waals surface area contributed by atoms with Crippen LogP contribution in [0.25, 0.3) is 0 Å². The molecule has 1 aromatic carbocycles. The van der Waals surface area contributed by atoms with Crippen molar-refractivity contribution < 1.29 is 4.74 Å². The maximum absolute atomic E-state index is 5.93. The van der Waals surface area contributed by atoms with Crippen LogP contribution >= 0.6 is 24.0 Å². The zero-order chi connectivity index (χ0) is 17.8. The van der Waals surface area contributed by atoms with Gasteiger partial charge in [-0.05, 0) is 50.1 Å². The van der Waals surface area contributed by atoms with Gasteiger partial charge in [0, 0.05) is 26.7 Å². The molecule has 27 heavy (non-hydrogen) atoms. The van der Waals surface area contributed by atoms with Gasteiger partial charge in [0.2, 0.25) is 0 Å². The van der Waals surface area contributed by atoms with Crippen molar-refractivity contribution in [3.05, 3.63) is 35.9 Å². The Kier molecular flexibility index (Phi) is 7.78. The van der Waals surface area contributed by atoms with Crippen LogP contribution in [0.4, 0.5) is 0 Å². The topological polar surface area (TPSA) is 48.9 Å². The monoisotopic (exact) mass is 484 g/mol. The van der Waals surface area contributed by atoms with Gasteiger partial charge in [-0.1, -0.05) is 30.3 Å². The van der Waals surface area contributed by atoms with Gasteiger partial charge in [-0.15, -0.1) is 24.0 Å². The van der Waals surface area contributed by atoms with E-state index in [0.29, 0.717) is 24.2 Å². The van der Waals surface area contributed by atoms with E-state index < -0.39 is 0 Å². The van der Waals surface area contributed by atoms with Crippen LogP contribution in [-0.2, 0) is 11.2 Å². The van der Waals surface area contributed by atoms with Crippen LogP contribution in [0.15, 0.2) is 35.3 Å². The Morgan fingerprint density at radius 3 is 2.78 bits per heavy atom. The fourth-order valence-corrected chi connectivity index (χ4v) is 4.62. The molecule has 3 aliphatic rings. The molecule has 4 atom stereocenters. The van der Waals surface area contributed by atoms with Gasteiger partial charge in [-0.25, -0.2) is 0 Å². The first-order valence-electron chi connectivity index (χ1n) is 10.2. The summed E-state index contributed by atoms with van der Waals surface area (Å²) in [5.74, 6) is 1.65. The number of fused-ring (bicyclic) bond motifs is 2. The quantitative estimate of drug-likeness (QED) is 0.371.